The van der Waals surface area contributed by atoms with E-state index in [0.29, 0.717) is 32.1 Å². The molecule has 188 valence electrons. The number of hydrogen-bond donors (Lipinski definition) is 4. The van der Waals surface area contributed by atoms with Gasteiger partial charge in [-0.1, -0.05) is 0 Å². The van der Waals surface area contributed by atoms with Crippen LogP contribution in [0.5, 0.6) is 0 Å². The van der Waals surface area contributed by atoms with Gasteiger partial charge in [0.1, 0.15) is 30.1 Å². The highest BCUT2D eigenvalue weighted by Gasteiger charge is 2.43. The molecule has 0 aromatic rings. The van der Waals surface area contributed by atoms with Crippen LogP contribution in [0.2, 0.25) is 0 Å². The SMILES string of the molecule is CC(=O)CCCCC(=O)N1C(C(C)=O)CCC1C(=O)NCCO[C@@H]1O[C@@H](C)[C@@H](O)[C@@H](O)[C@@H]1O. The summed E-state index contributed by atoms with van der Waals surface area (Å²) in [7, 11) is 0. The molecule has 2 fully saturated rings. The van der Waals surface area contributed by atoms with Crippen LogP contribution in [0.3, 0.4) is 0 Å². The van der Waals surface area contributed by atoms with Crippen LogP contribution in [0.15, 0.2) is 0 Å². The summed E-state index contributed by atoms with van der Waals surface area (Å²) in [6, 6.07) is -1.41. The van der Waals surface area contributed by atoms with E-state index < -0.39 is 48.7 Å². The van der Waals surface area contributed by atoms with Gasteiger partial charge in [-0.3, -0.25) is 14.4 Å². The van der Waals surface area contributed by atoms with E-state index in [1.165, 1.54) is 25.7 Å². The van der Waals surface area contributed by atoms with Crippen LogP contribution < -0.4 is 5.32 Å². The number of carbonyl (C=O) groups excluding carboxylic acids is 4. The average Bonchev–Trinajstić information content (AvgIpc) is 3.21. The first-order valence-corrected chi connectivity index (χ1v) is 11.4. The Bertz CT molecular complexity index is 716. The Morgan fingerprint density at radius 3 is 2.24 bits per heavy atom. The minimum absolute atomic E-state index is 0.0369. The highest BCUT2D eigenvalue weighted by molar-refractivity contribution is 5.93. The number of rotatable bonds is 11. The number of Topliss-reactive ketones (excluding diaryl/α,β-unsaturated/α-hetero) is 2. The van der Waals surface area contributed by atoms with Crippen molar-refractivity contribution in [2.75, 3.05) is 13.2 Å². The van der Waals surface area contributed by atoms with Crippen molar-refractivity contribution in [3.05, 3.63) is 0 Å². The molecule has 0 spiro atoms. The molecular formula is C22H36N2O9. The van der Waals surface area contributed by atoms with E-state index in [1.54, 1.807) is 0 Å². The molecule has 0 bridgehead atoms. The van der Waals surface area contributed by atoms with Gasteiger partial charge in [-0.05, 0) is 46.5 Å². The maximum atomic E-state index is 12.8. The number of nitrogens with one attached hydrogen (secondary N) is 1. The third kappa shape index (κ3) is 7.28. The zero-order valence-corrected chi connectivity index (χ0v) is 19.4. The smallest absolute Gasteiger partial charge is 0.242 e. The summed E-state index contributed by atoms with van der Waals surface area (Å²) in [5, 5.41) is 32.2. The Kier molecular flexibility index (Phi) is 10.4. The Labute approximate surface area is 193 Å². The molecule has 33 heavy (non-hydrogen) atoms. The predicted octanol–water partition coefficient (Wildman–Crippen LogP) is -0.955. The molecule has 2 amide bonds. The number of amides is 2. The van der Waals surface area contributed by atoms with Crippen molar-refractivity contribution in [2.45, 2.75) is 102 Å². The van der Waals surface area contributed by atoms with Crippen LogP contribution in [0.25, 0.3) is 0 Å². The monoisotopic (exact) mass is 472 g/mol. The molecule has 0 aromatic carbocycles. The fraction of sp³-hybridized carbons (Fsp3) is 0.818. The van der Waals surface area contributed by atoms with Gasteiger partial charge >= 0.3 is 0 Å². The largest absolute Gasteiger partial charge is 0.388 e. The highest BCUT2D eigenvalue weighted by Crippen LogP contribution is 2.27. The minimum atomic E-state index is -1.44. The number of hydrogen-bond acceptors (Lipinski definition) is 9. The van der Waals surface area contributed by atoms with E-state index in [0.717, 1.165) is 0 Å². The summed E-state index contributed by atoms with van der Waals surface area (Å²) >= 11 is 0. The summed E-state index contributed by atoms with van der Waals surface area (Å²) in [4.78, 5) is 50.0. The molecule has 4 N–H and O–H groups in total. The second kappa shape index (κ2) is 12.5. The number of unbranched alkanes of at least 4 members (excludes halogenated alkanes) is 1. The lowest BCUT2D eigenvalue weighted by molar-refractivity contribution is -0.292. The average molecular weight is 473 g/mol. The molecular weight excluding hydrogens is 436 g/mol. The maximum Gasteiger partial charge on any atom is 0.242 e. The molecule has 0 aromatic heterocycles. The van der Waals surface area contributed by atoms with Crippen LogP contribution in [0, 0.1) is 0 Å². The predicted molar refractivity (Wildman–Crippen MR) is 115 cm³/mol. The second-order valence-electron chi connectivity index (χ2n) is 8.77. The molecule has 11 nitrogen and oxygen atoms in total. The molecule has 0 radical (unpaired) electrons. The summed E-state index contributed by atoms with van der Waals surface area (Å²) < 4.78 is 10.7. The van der Waals surface area contributed by atoms with Crippen molar-refractivity contribution < 1.29 is 44.0 Å². The maximum absolute atomic E-state index is 12.8. The lowest BCUT2D eigenvalue weighted by Gasteiger charge is -2.38. The Morgan fingerprint density at radius 1 is 0.970 bits per heavy atom. The van der Waals surface area contributed by atoms with Crippen molar-refractivity contribution in [3.8, 4) is 0 Å². The van der Waals surface area contributed by atoms with E-state index in [4.69, 9.17) is 9.47 Å². The van der Waals surface area contributed by atoms with Gasteiger partial charge in [-0.15, -0.1) is 0 Å². The number of ether oxygens (including phenoxy) is 2. The fourth-order valence-electron chi connectivity index (χ4n) is 4.21. The molecule has 0 saturated carbocycles. The van der Waals surface area contributed by atoms with Crippen molar-refractivity contribution in [1.29, 1.82) is 0 Å². The molecule has 2 aliphatic rings. The normalized spacial score (nSPS) is 31.9. The molecule has 2 rings (SSSR count). The van der Waals surface area contributed by atoms with Crippen molar-refractivity contribution in [1.82, 2.24) is 10.2 Å². The molecule has 2 saturated heterocycles. The standard InChI is InChI=1S/C22H36N2O9/c1-12(25)6-4-5-7-17(27)24-15(13(2)26)8-9-16(24)21(31)23-10-11-32-22-20(30)19(29)18(28)14(3)33-22/h14-16,18-20,22,28-30H,4-11H2,1-3H3,(H,23,31)/t14-,15?,16?,18+,19+,20-,22+/m0/s1. The topological polar surface area (TPSA) is 163 Å². The minimum Gasteiger partial charge on any atom is -0.388 e. The number of carbonyl (C=O) groups is 4. The highest BCUT2D eigenvalue weighted by atomic mass is 16.7. The van der Waals surface area contributed by atoms with E-state index in [2.05, 4.69) is 5.32 Å². The molecule has 11 heteroatoms. The van der Waals surface area contributed by atoms with Crippen LogP contribution in [-0.2, 0) is 28.7 Å². The van der Waals surface area contributed by atoms with Gasteiger partial charge in [0.15, 0.2) is 12.1 Å². The number of ketones is 2. The van der Waals surface area contributed by atoms with Gasteiger partial charge in [-0.25, -0.2) is 0 Å². The summed E-state index contributed by atoms with van der Waals surface area (Å²) in [5.74, 6) is -0.818. The quantitative estimate of drug-likeness (QED) is 0.278. The van der Waals surface area contributed by atoms with Gasteiger partial charge < -0.3 is 39.8 Å². The number of nitrogens with zero attached hydrogens (tertiary/aromatic N) is 1. The lowest BCUT2D eigenvalue weighted by atomic mass is 10.0. The first-order chi connectivity index (χ1) is 15.5. The second-order valence-corrected chi connectivity index (χ2v) is 8.77. The van der Waals surface area contributed by atoms with E-state index in [1.807, 2.05) is 0 Å². The Morgan fingerprint density at radius 2 is 1.61 bits per heavy atom. The van der Waals surface area contributed by atoms with Crippen LogP contribution in [0.1, 0.15) is 59.3 Å². The first-order valence-electron chi connectivity index (χ1n) is 11.4. The lowest BCUT2D eigenvalue weighted by Crippen LogP contribution is -2.57. The Balaban J connectivity index is 1.85. The summed E-state index contributed by atoms with van der Waals surface area (Å²) in [5.41, 5.74) is 0. The van der Waals surface area contributed by atoms with Crippen LogP contribution >= 0.6 is 0 Å². The molecule has 2 unspecified atom stereocenters. The van der Waals surface area contributed by atoms with Gasteiger partial charge in [0.2, 0.25) is 11.8 Å². The first kappa shape index (κ1) is 27.3. The van der Waals surface area contributed by atoms with Crippen molar-refractivity contribution >= 4 is 23.4 Å². The zero-order valence-electron chi connectivity index (χ0n) is 19.4. The van der Waals surface area contributed by atoms with E-state index in [9.17, 15) is 34.5 Å². The van der Waals surface area contributed by atoms with Gasteiger partial charge in [0.05, 0.1) is 18.8 Å². The van der Waals surface area contributed by atoms with Crippen LogP contribution in [-0.4, -0.2) is 99.5 Å². The van der Waals surface area contributed by atoms with E-state index >= 15 is 0 Å². The van der Waals surface area contributed by atoms with Gasteiger partial charge in [0, 0.05) is 19.4 Å². The number of aliphatic hydroxyl groups excluding tert-OH is 3. The summed E-state index contributed by atoms with van der Waals surface area (Å²) in [6.45, 7) is 4.45. The van der Waals surface area contributed by atoms with Gasteiger partial charge in [0.25, 0.3) is 0 Å². The zero-order chi connectivity index (χ0) is 24.7. The molecule has 7 atom stereocenters. The van der Waals surface area contributed by atoms with Crippen molar-refractivity contribution in [2.24, 2.45) is 0 Å². The molecule has 0 aliphatic carbocycles. The van der Waals surface area contributed by atoms with E-state index in [-0.39, 0.29) is 37.0 Å². The number of likely N-dealkylation sites (tertiary alicyclic amines) is 1. The van der Waals surface area contributed by atoms with Gasteiger partial charge in [-0.2, -0.15) is 0 Å². The molecule has 2 heterocycles. The Hall–Kier alpha value is -1.92. The van der Waals surface area contributed by atoms with Crippen LogP contribution in [0.4, 0.5) is 0 Å². The summed E-state index contributed by atoms with van der Waals surface area (Å²) in [6.07, 6.45) is -3.57. The molecule has 2 aliphatic heterocycles. The number of aliphatic hydroxyl groups is 3. The third-order valence-corrected chi connectivity index (χ3v) is 6.11. The van der Waals surface area contributed by atoms with Crippen molar-refractivity contribution in [3.63, 3.8) is 0 Å². The third-order valence-electron chi connectivity index (χ3n) is 6.11. The fourth-order valence-corrected chi connectivity index (χ4v) is 4.21.